The van der Waals surface area contributed by atoms with Gasteiger partial charge in [0.05, 0.1) is 4.90 Å². The Bertz CT molecular complexity index is 994. The molecule has 0 aliphatic carbocycles. The number of rotatable bonds is 6. The Hall–Kier alpha value is -2.35. The number of hydrogen-bond donors (Lipinski definition) is 3. The average molecular weight is 409 g/mol. The van der Waals surface area contributed by atoms with Crippen LogP contribution in [0.25, 0.3) is 10.9 Å². The normalized spacial score (nSPS) is 11.0. The third kappa shape index (κ3) is 6.39. The van der Waals surface area contributed by atoms with Crippen LogP contribution in [0.15, 0.2) is 59.6 Å². The Labute approximate surface area is 163 Å². The van der Waals surface area contributed by atoms with E-state index in [4.69, 9.17) is 21.5 Å². The van der Waals surface area contributed by atoms with Crippen LogP contribution < -0.4 is 4.72 Å². The number of aryl methyl sites for hydroxylation is 1. The highest BCUT2D eigenvalue weighted by Crippen LogP contribution is 2.19. The number of carboxylic acids is 1. The second-order valence-corrected chi connectivity index (χ2v) is 8.04. The first-order valence-corrected chi connectivity index (χ1v) is 10.2. The quantitative estimate of drug-likeness (QED) is 0.540. The van der Waals surface area contributed by atoms with Gasteiger partial charge in [0.1, 0.15) is 0 Å². The highest BCUT2D eigenvalue weighted by atomic mass is 35.5. The Morgan fingerprint density at radius 2 is 1.78 bits per heavy atom. The Morgan fingerprint density at radius 1 is 1.15 bits per heavy atom. The zero-order valence-corrected chi connectivity index (χ0v) is 16.3. The van der Waals surface area contributed by atoms with Crippen molar-refractivity contribution in [2.24, 2.45) is 0 Å². The third-order valence-electron chi connectivity index (χ3n) is 3.71. The number of carboxylic acid groups (broad SMARTS) is 1. The molecule has 3 aromatic rings. The number of carbonyl (C=O) groups is 1. The molecule has 0 aliphatic heterocycles. The highest BCUT2D eigenvalue weighted by Gasteiger charge is 2.13. The number of nitrogens with one attached hydrogen (secondary N) is 2. The van der Waals surface area contributed by atoms with Crippen molar-refractivity contribution in [2.45, 2.75) is 24.7 Å². The second-order valence-electron chi connectivity index (χ2n) is 5.83. The summed E-state index contributed by atoms with van der Waals surface area (Å²) in [6.45, 7) is 1.48. The largest absolute Gasteiger partial charge is 0.481 e. The van der Waals surface area contributed by atoms with Crippen molar-refractivity contribution in [1.29, 1.82) is 0 Å². The zero-order chi connectivity index (χ0) is 19.9. The Balaban J connectivity index is 0.000000596. The zero-order valence-electron chi connectivity index (χ0n) is 14.8. The van der Waals surface area contributed by atoms with E-state index in [9.17, 15) is 8.42 Å². The third-order valence-corrected chi connectivity index (χ3v) is 5.44. The van der Waals surface area contributed by atoms with Crippen LogP contribution in [0.1, 0.15) is 18.9 Å². The van der Waals surface area contributed by atoms with E-state index in [1.54, 1.807) is 12.1 Å². The van der Waals surface area contributed by atoms with Crippen molar-refractivity contribution in [3.8, 4) is 0 Å². The van der Waals surface area contributed by atoms with Gasteiger partial charge in [0.25, 0.3) is 5.97 Å². The standard InChI is InChI=1S/C17H17ClN2O2S.C2H4O2/c18-14-7-9-15(10-8-14)23(21,22)20-11-3-4-13-12-19-17-6-2-1-5-16(13)17;1-2(3)4/h1-2,5-10,12,19-20H,3-4,11H2;1H3,(H,3,4). The first-order chi connectivity index (χ1) is 12.8. The summed E-state index contributed by atoms with van der Waals surface area (Å²) >= 11 is 5.78. The van der Waals surface area contributed by atoms with E-state index in [1.165, 1.54) is 23.1 Å². The maximum Gasteiger partial charge on any atom is 0.300 e. The number of halogens is 1. The monoisotopic (exact) mass is 408 g/mol. The summed E-state index contributed by atoms with van der Waals surface area (Å²) in [6, 6.07) is 14.2. The van der Waals surface area contributed by atoms with Crippen LogP contribution in [0.5, 0.6) is 0 Å². The van der Waals surface area contributed by atoms with E-state index >= 15 is 0 Å². The summed E-state index contributed by atoms with van der Waals surface area (Å²) in [5.41, 5.74) is 2.30. The lowest BCUT2D eigenvalue weighted by Crippen LogP contribution is -2.25. The fourth-order valence-corrected chi connectivity index (χ4v) is 3.72. The number of benzene rings is 2. The number of aromatic nitrogens is 1. The number of aliphatic carboxylic acids is 1. The molecule has 1 heterocycles. The van der Waals surface area contributed by atoms with Gasteiger partial charge in [0.15, 0.2) is 0 Å². The Morgan fingerprint density at radius 3 is 2.44 bits per heavy atom. The lowest BCUT2D eigenvalue weighted by Gasteiger charge is -2.06. The van der Waals surface area contributed by atoms with E-state index < -0.39 is 16.0 Å². The molecule has 0 atom stereocenters. The molecule has 0 bridgehead atoms. The highest BCUT2D eigenvalue weighted by molar-refractivity contribution is 7.89. The minimum atomic E-state index is -3.48. The van der Waals surface area contributed by atoms with Gasteiger partial charge in [-0.25, -0.2) is 13.1 Å². The second kappa shape index (κ2) is 9.55. The van der Waals surface area contributed by atoms with E-state index in [0.29, 0.717) is 11.6 Å². The SMILES string of the molecule is CC(=O)O.O=S(=O)(NCCCc1c[nH]c2ccccc12)c1ccc(Cl)cc1. The van der Waals surface area contributed by atoms with Crippen molar-refractivity contribution in [3.63, 3.8) is 0 Å². The van der Waals surface area contributed by atoms with Gasteiger partial charge < -0.3 is 10.1 Å². The molecule has 8 heteroatoms. The molecule has 0 aliphatic rings. The van der Waals surface area contributed by atoms with Gasteiger partial charge in [0, 0.05) is 35.6 Å². The molecule has 144 valence electrons. The lowest BCUT2D eigenvalue weighted by atomic mass is 10.1. The molecule has 0 amide bonds. The molecule has 0 saturated heterocycles. The molecule has 27 heavy (non-hydrogen) atoms. The van der Waals surface area contributed by atoms with Crippen molar-refractivity contribution < 1.29 is 18.3 Å². The number of sulfonamides is 1. The molecule has 0 saturated carbocycles. The van der Waals surface area contributed by atoms with Crippen molar-refractivity contribution in [1.82, 2.24) is 9.71 Å². The van der Waals surface area contributed by atoms with Crippen molar-refractivity contribution in [2.75, 3.05) is 6.54 Å². The first-order valence-electron chi connectivity index (χ1n) is 8.29. The number of H-pyrrole nitrogens is 1. The smallest absolute Gasteiger partial charge is 0.300 e. The van der Waals surface area contributed by atoms with Gasteiger partial charge in [-0.2, -0.15) is 0 Å². The number of aromatic amines is 1. The first kappa shape index (κ1) is 21.0. The number of hydrogen-bond acceptors (Lipinski definition) is 3. The van der Waals surface area contributed by atoms with Crippen molar-refractivity contribution in [3.05, 3.63) is 65.3 Å². The fourth-order valence-electron chi connectivity index (χ4n) is 2.52. The number of fused-ring (bicyclic) bond motifs is 1. The predicted molar refractivity (Wildman–Crippen MR) is 107 cm³/mol. The van der Waals surface area contributed by atoms with Gasteiger partial charge in [-0.3, -0.25) is 4.79 Å². The topological polar surface area (TPSA) is 99.3 Å². The van der Waals surface area contributed by atoms with E-state index in [0.717, 1.165) is 25.3 Å². The van der Waals surface area contributed by atoms with Gasteiger partial charge >= 0.3 is 0 Å². The van der Waals surface area contributed by atoms with Crippen LogP contribution in [-0.4, -0.2) is 31.0 Å². The molecule has 0 fully saturated rings. The predicted octanol–water partition coefficient (Wildman–Crippen LogP) is 3.82. The van der Waals surface area contributed by atoms with Gasteiger partial charge in [-0.1, -0.05) is 29.8 Å². The van der Waals surface area contributed by atoms with Crippen LogP contribution in [-0.2, 0) is 21.2 Å². The lowest BCUT2D eigenvalue weighted by molar-refractivity contribution is -0.134. The van der Waals surface area contributed by atoms with Gasteiger partial charge in [0.2, 0.25) is 10.0 Å². The minimum Gasteiger partial charge on any atom is -0.481 e. The molecule has 0 unspecified atom stereocenters. The molecule has 3 N–H and O–H groups in total. The summed E-state index contributed by atoms with van der Waals surface area (Å²) in [5.74, 6) is -0.833. The minimum absolute atomic E-state index is 0.231. The molecular formula is C19H21ClN2O4S. The van der Waals surface area contributed by atoms with Crippen LogP contribution >= 0.6 is 11.6 Å². The molecule has 1 aromatic heterocycles. The molecule has 2 aromatic carbocycles. The maximum absolute atomic E-state index is 12.2. The van der Waals surface area contributed by atoms with Crippen molar-refractivity contribution >= 4 is 38.5 Å². The summed E-state index contributed by atoms with van der Waals surface area (Å²) in [5, 5.41) is 9.12. The molecule has 0 radical (unpaired) electrons. The van der Waals surface area contributed by atoms with E-state index in [2.05, 4.69) is 15.8 Å². The molecule has 3 rings (SSSR count). The summed E-state index contributed by atoms with van der Waals surface area (Å²) < 4.78 is 26.9. The maximum atomic E-state index is 12.2. The van der Waals surface area contributed by atoms with Crippen LogP contribution in [0.4, 0.5) is 0 Å². The van der Waals surface area contributed by atoms with E-state index in [1.807, 2.05) is 24.4 Å². The molecular weight excluding hydrogens is 388 g/mol. The summed E-state index contributed by atoms with van der Waals surface area (Å²) in [4.78, 5) is 12.5. The van der Waals surface area contributed by atoms with Crippen LogP contribution in [0.2, 0.25) is 5.02 Å². The van der Waals surface area contributed by atoms with Gasteiger partial charge in [-0.15, -0.1) is 0 Å². The summed E-state index contributed by atoms with van der Waals surface area (Å²) in [6.07, 6.45) is 3.53. The van der Waals surface area contributed by atoms with Crippen LogP contribution in [0, 0.1) is 0 Å². The summed E-state index contributed by atoms with van der Waals surface area (Å²) in [7, 11) is -3.48. The average Bonchev–Trinajstić information content (AvgIpc) is 3.02. The van der Waals surface area contributed by atoms with Gasteiger partial charge in [-0.05, 0) is 48.7 Å². The molecule has 0 spiro atoms. The Kier molecular flexibility index (Phi) is 7.41. The molecule has 6 nitrogen and oxygen atoms in total. The number of para-hydroxylation sites is 1. The fraction of sp³-hybridized carbons (Fsp3) is 0.211. The van der Waals surface area contributed by atoms with E-state index in [-0.39, 0.29) is 4.90 Å². The van der Waals surface area contributed by atoms with Crippen LogP contribution in [0.3, 0.4) is 0 Å².